The molecular formula is C11H13N3O2S. The zero-order valence-corrected chi connectivity index (χ0v) is 10.5. The van der Waals surface area contributed by atoms with Gasteiger partial charge in [0.25, 0.3) is 5.91 Å². The molecule has 1 aliphatic heterocycles. The van der Waals surface area contributed by atoms with Gasteiger partial charge in [0.15, 0.2) is 0 Å². The number of carbonyl (C=O) groups is 2. The number of hydrazone groups is 1. The molecular weight excluding hydrogens is 238 g/mol. The fourth-order valence-electron chi connectivity index (χ4n) is 1.49. The predicted molar refractivity (Wildman–Crippen MR) is 66.0 cm³/mol. The number of hydrogen-bond donors (Lipinski definition) is 1. The Hall–Kier alpha value is -1.69. The molecule has 1 aromatic rings. The van der Waals surface area contributed by atoms with Crippen LogP contribution in [0.4, 0.5) is 4.79 Å². The van der Waals surface area contributed by atoms with E-state index in [0.29, 0.717) is 6.42 Å². The van der Waals surface area contributed by atoms with Gasteiger partial charge in [-0.05, 0) is 24.8 Å². The first-order chi connectivity index (χ1) is 8.07. The van der Waals surface area contributed by atoms with Crippen molar-refractivity contribution in [2.24, 2.45) is 5.10 Å². The Bertz CT molecular complexity index is 469. The topological polar surface area (TPSA) is 61.8 Å². The first-order valence-electron chi connectivity index (χ1n) is 5.31. The highest BCUT2D eigenvalue weighted by atomic mass is 32.1. The molecule has 1 saturated heterocycles. The molecule has 1 unspecified atom stereocenters. The van der Waals surface area contributed by atoms with E-state index < -0.39 is 11.6 Å². The van der Waals surface area contributed by atoms with Crippen molar-refractivity contribution in [1.29, 1.82) is 0 Å². The minimum absolute atomic E-state index is 0.308. The van der Waals surface area contributed by atoms with E-state index >= 15 is 0 Å². The summed E-state index contributed by atoms with van der Waals surface area (Å²) in [5, 5.41) is 9.36. The van der Waals surface area contributed by atoms with Crippen molar-refractivity contribution >= 4 is 29.5 Å². The Kier molecular flexibility index (Phi) is 2.97. The molecule has 1 fully saturated rings. The lowest BCUT2D eigenvalue weighted by atomic mass is 10.00. The van der Waals surface area contributed by atoms with Gasteiger partial charge in [0.2, 0.25) is 0 Å². The van der Waals surface area contributed by atoms with Gasteiger partial charge in [-0.3, -0.25) is 4.79 Å². The standard InChI is InChI=1S/C11H13N3O2S/c1-3-11(2)9(15)14(10(16)13-11)12-7-8-5-4-6-17-8/h4-7H,3H2,1-2H3,(H,13,16)/b12-7+. The predicted octanol–water partition coefficient (Wildman–Crippen LogP) is 1.80. The van der Waals surface area contributed by atoms with E-state index in [1.807, 2.05) is 24.4 Å². The summed E-state index contributed by atoms with van der Waals surface area (Å²) in [6.45, 7) is 3.55. The van der Waals surface area contributed by atoms with Crippen molar-refractivity contribution in [1.82, 2.24) is 10.3 Å². The van der Waals surface area contributed by atoms with E-state index in [1.54, 1.807) is 6.92 Å². The van der Waals surface area contributed by atoms with E-state index in [0.717, 1.165) is 9.89 Å². The minimum atomic E-state index is -0.829. The van der Waals surface area contributed by atoms with E-state index in [9.17, 15) is 9.59 Å². The van der Waals surface area contributed by atoms with Crippen molar-refractivity contribution in [2.45, 2.75) is 25.8 Å². The quantitative estimate of drug-likeness (QED) is 0.657. The molecule has 0 saturated carbocycles. The smallest absolute Gasteiger partial charge is 0.322 e. The summed E-state index contributed by atoms with van der Waals surface area (Å²) in [7, 11) is 0. The lowest BCUT2D eigenvalue weighted by molar-refractivity contribution is -0.130. The molecule has 0 bridgehead atoms. The van der Waals surface area contributed by atoms with Gasteiger partial charge in [0, 0.05) is 4.88 Å². The number of imide groups is 1. The Labute approximate surface area is 103 Å². The Morgan fingerprint density at radius 2 is 2.35 bits per heavy atom. The number of rotatable bonds is 3. The monoisotopic (exact) mass is 251 g/mol. The van der Waals surface area contributed by atoms with Crippen molar-refractivity contribution in [3.05, 3.63) is 22.4 Å². The molecule has 0 aromatic carbocycles. The second-order valence-electron chi connectivity index (χ2n) is 3.99. The molecule has 0 radical (unpaired) electrons. The highest BCUT2D eigenvalue weighted by Gasteiger charge is 2.46. The van der Waals surface area contributed by atoms with Gasteiger partial charge >= 0.3 is 6.03 Å². The molecule has 1 N–H and O–H groups in total. The second-order valence-corrected chi connectivity index (χ2v) is 4.97. The zero-order chi connectivity index (χ0) is 12.5. The Balaban J connectivity index is 2.17. The molecule has 1 atom stereocenters. The normalized spacial score (nSPS) is 24.7. The third-order valence-electron chi connectivity index (χ3n) is 2.79. The van der Waals surface area contributed by atoms with Crippen LogP contribution in [-0.4, -0.2) is 28.7 Å². The van der Waals surface area contributed by atoms with Gasteiger partial charge in [-0.2, -0.15) is 5.10 Å². The zero-order valence-electron chi connectivity index (χ0n) is 9.64. The fourth-order valence-corrected chi connectivity index (χ4v) is 2.07. The van der Waals surface area contributed by atoms with Crippen LogP contribution in [0, 0.1) is 0 Å². The van der Waals surface area contributed by atoms with Crippen LogP contribution in [-0.2, 0) is 4.79 Å². The van der Waals surface area contributed by atoms with Gasteiger partial charge in [-0.25, -0.2) is 4.79 Å². The fraction of sp³-hybridized carbons (Fsp3) is 0.364. The third kappa shape index (κ3) is 2.08. The summed E-state index contributed by atoms with van der Waals surface area (Å²) >= 11 is 1.50. The number of carbonyl (C=O) groups excluding carboxylic acids is 2. The SMILES string of the molecule is CCC1(C)NC(=O)N(/N=C/c2cccs2)C1=O. The van der Waals surface area contributed by atoms with Crippen LogP contribution in [0.15, 0.2) is 22.6 Å². The van der Waals surface area contributed by atoms with Gasteiger partial charge in [0.05, 0.1) is 6.21 Å². The van der Waals surface area contributed by atoms with Crippen LogP contribution < -0.4 is 5.32 Å². The Morgan fingerprint density at radius 1 is 1.59 bits per heavy atom. The molecule has 90 valence electrons. The van der Waals surface area contributed by atoms with Crippen LogP contribution in [0.25, 0.3) is 0 Å². The highest BCUT2D eigenvalue weighted by molar-refractivity contribution is 7.11. The molecule has 1 aromatic heterocycles. The summed E-state index contributed by atoms with van der Waals surface area (Å²) in [4.78, 5) is 24.5. The maximum absolute atomic E-state index is 12.0. The lowest BCUT2D eigenvalue weighted by Gasteiger charge is -2.17. The van der Waals surface area contributed by atoms with Crippen LogP contribution in [0.5, 0.6) is 0 Å². The van der Waals surface area contributed by atoms with Gasteiger partial charge in [0.1, 0.15) is 5.54 Å². The summed E-state index contributed by atoms with van der Waals surface area (Å²) in [5.74, 6) is -0.308. The first kappa shape index (κ1) is 11.8. The highest BCUT2D eigenvalue weighted by Crippen LogP contribution is 2.21. The first-order valence-corrected chi connectivity index (χ1v) is 6.19. The Morgan fingerprint density at radius 3 is 2.88 bits per heavy atom. The molecule has 6 heteroatoms. The molecule has 0 aliphatic carbocycles. The maximum Gasteiger partial charge on any atom is 0.346 e. The molecule has 17 heavy (non-hydrogen) atoms. The molecule has 3 amide bonds. The van der Waals surface area contributed by atoms with Crippen molar-refractivity contribution in [3.63, 3.8) is 0 Å². The van der Waals surface area contributed by atoms with Crippen molar-refractivity contribution in [2.75, 3.05) is 0 Å². The maximum atomic E-state index is 12.0. The van der Waals surface area contributed by atoms with Crippen LogP contribution in [0.3, 0.4) is 0 Å². The minimum Gasteiger partial charge on any atom is -0.322 e. The summed E-state index contributed by atoms with van der Waals surface area (Å²) in [6, 6.07) is 3.28. The van der Waals surface area contributed by atoms with Crippen LogP contribution in [0.1, 0.15) is 25.1 Å². The van der Waals surface area contributed by atoms with Crippen LogP contribution in [0.2, 0.25) is 0 Å². The number of urea groups is 1. The molecule has 5 nitrogen and oxygen atoms in total. The van der Waals surface area contributed by atoms with Crippen LogP contribution >= 0.6 is 11.3 Å². The average Bonchev–Trinajstić information content (AvgIpc) is 2.87. The molecule has 2 rings (SSSR count). The summed E-state index contributed by atoms with van der Waals surface area (Å²) in [6.07, 6.45) is 2.06. The van der Waals surface area contributed by atoms with E-state index in [2.05, 4.69) is 10.4 Å². The van der Waals surface area contributed by atoms with E-state index in [1.165, 1.54) is 17.6 Å². The number of nitrogens with one attached hydrogen (secondary N) is 1. The summed E-state index contributed by atoms with van der Waals surface area (Å²) < 4.78 is 0. The second kappa shape index (κ2) is 4.29. The molecule has 1 aliphatic rings. The lowest BCUT2D eigenvalue weighted by Crippen LogP contribution is -2.42. The number of thiophene rings is 1. The number of hydrogen-bond acceptors (Lipinski definition) is 4. The average molecular weight is 251 g/mol. The largest absolute Gasteiger partial charge is 0.346 e. The van der Waals surface area contributed by atoms with E-state index in [4.69, 9.17) is 0 Å². The van der Waals surface area contributed by atoms with Gasteiger partial charge in [-0.1, -0.05) is 13.0 Å². The molecule has 0 spiro atoms. The third-order valence-corrected chi connectivity index (χ3v) is 3.60. The van der Waals surface area contributed by atoms with Crippen molar-refractivity contribution < 1.29 is 9.59 Å². The van der Waals surface area contributed by atoms with Crippen molar-refractivity contribution in [3.8, 4) is 0 Å². The van der Waals surface area contributed by atoms with E-state index in [-0.39, 0.29) is 5.91 Å². The van der Waals surface area contributed by atoms with Gasteiger partial charge in [-0.15, -0.1) is 16.3 Å². The number of nitrogens with zero attached hydrogens (tertiary/aromatic N) is 2. The number of amides is 3. The summed E-state index contributed by atoms with van der Waals surface area (Å²) in [5.41, 5.74) is -0.829. The molecule has 2 heterocycles. The van der Waals surface area contributed by atoms with Gasteiger partial charge < -0.3 is 5.32 Å².